The van der Waals surface area contributed by atoms with Crippen LogP contribution in [0.25, 0.3) is 0 Å². The van der Waals surface area contributed by atoms with Crippen LogP contribution in [0.3, 0.4) is 0 Å². The van der Waals surface area contributed by atoms with E-state index in [0.29, 0.717) is 24.1 Å². The van der Waals surface area contributed by atoms with Gasteiger partial charge in [0, 0.05) is 30.8 Å². The smallest absolute Gasteiger partial charge is 0.445 e. The highest BCUT2D eigenvalue weighted by Gasteiger charge is 2.28. The van der Waals surface area contributed by atoms with E-state index in [-0.39, 0.29) is 50.6 Å². The summed E-state index contributed by atoms with van der Waals surface area (Å²) in [5.74, 6) is -1.09. The Morgan fingerprint density at radius 1 is 0.684 bits per heavy atom. The Hall–Kier alpha value is -7.23. The second-order valence-corrected chi connectivity index (χ2v) is 12.4. The van der Waals surface area contributed by atoms with Gasteiger partial charge >= 0.3 is 18.3 Å². The van der Waals surface area contributed by atoms with Crippen LogP contribution in [0.15, 0.2) is 122 Å². The molecule has 0 spiro atoms. The quantitative estimate of drug-likeness (QED) is 0.0147. The molecule has 0 bridgehead atoms. The van der Waals surface area contributed by atoms with Gasteiger partial charge in [0.25, 0.3) is 5.69 Å². The Balaban J connectivity index is 1.38. The van der Waals surface area contributed by atoms with Crippen molar-refractivity contribution >= 4 is 41.5 Å². The Labute approximate surface area is 328 Å². The molecule has 0 saturated carbocycles. The highest BCUT2D eigenvalue weighted by atomic mass is 16.7. The van der Waals surface area contributed by atoms with Crippen molar-refractivity contribution in [1.29, 1.82) is 0 Å². The van der Waals surface area contributed by atoms with Crippen molar-refractivity contribution in [3.8, 4) is 5.75 Å². The van der Waals surface area contributed by atoms with Crippen LogP contribution in [-0.4, -0.2) is 60.3 Å². The van der Waals surface area contributed by atoms with Crippen molar-refractivity contribution in [2.75, 3.05) is 18.5 Å². The van der Waals surface area contributed by atoms with E-state index in [1.165, 1.54) is 30.3 Å². The molecule has 57 heavy (non-hydrogen) atoms. The number of unbranched alkanes of at least 4 members (excludes halogenated alkanes) is 1. The van der Waals surface area contributed by atoms with Gasteiger partial charge in [-0.3, -0.25) is 19.7 Å². The minimum atomic E-state index is -1.10. The summed E-state index contributed by atoms with van der Waals surface area (Å²) in [6.45, 7) is 3.64. The van der Waals surface area contributed by atoms with Gasteiger partial charge in [-0.05, 0) is 60.2 Å². The molecule has 16 nitrogen and oxygen atoms in total. The first kappa shape index (κ1) is 42.5. The Morgan fingerprint density at radius 2 is 1.32 bits per heavy atom. The molecule has 298 valence electrons. The lowest BCUT2D eigenvalue weighted by atomic mass is 10.0. The zero-order chi connectivity index (χ0) is 40.8. The largest absolute Gasteiger partial charge is 0.514 e. The molecule has 2 unspecified atom stereocenters. The Bertz CT molecular complexity index is 1940. The van der Waals surface area contributed by atoms with Gasteiger partial charge in [-0.15, -0.1) is 0 Å². The summed E-state index contributed by atoms with van der Waals surface area (Å²) in [5, 5.41) is 21.7. The molecule has 4 aromatic rings. The molecule has 0 radical (unpaired) electrons. The van der Waals surface area contributed by atoms with E-state index in [1.807, 2.05) is 36.4 Å². The fraction of sp³-hybridized carbons (Fsp3) is 0.244. The number of rotatable bonds is 20. The molecular weight excluding hydrogens is 738 g/mol. The molecule has 4 aromatic carbocycles. The minimum absolute atomic E-state index is 0.0102. The van der Waals surface area contributed by atoms with Crippen LogP contribution in [0, 0.1) is 10.1 Å². The van der Waals surface area contributed by atoms with Gasteiger partial charge in [0.2, 0.25) is 11.8 Å². The van der Waals surface area contributed by atoms with Gasteiger partial charge < -0.3 is 40.2 Å². The summed E-state index contributed by atoms with van der Waals surface area (Å²) in [5.41, 5.74) is 2.31. The standard InChI is InChI=1S/C41H43N5O11/c1-2-25-54-39(49)42-24-10-9-15-35(44-38(48)36(26-29-11-5-3-6-12-29)45-40(50)55-27-30-13-7-4-8-14-30)37(47)43-32-18-16-31(17-19-32)28-56-41(51)57-34-22-20-33(21-23-34)46(52)53/h2-8,11-14,16-23,35-36H,1,9-10,15,24-28H2,(H,42,49)(H,43,47)(H,44,48)(H,45,50). The fourth-order valence-electron chi connectivity index (χ4n) is 5.17. The number of carbonyl (C=O) groups excluding carboxylic acids is 5. The van der Waals surface area contributed by atoms with Crippen LogP contribution >= 0.6 is 0 Å². The maximum atomic E-state index is 13.8. The maximum absolute atomic E-state index is 13.8. The van der Waals surface area contributed by atoms with Gasteiger partial charge in [-0.2, -0.15) is 0 Å². The van der Waals surface area contributed by atoms with Gasteiger partial charge in [0.05, 0.1) is 4.92 Å². The third-order valence-electron chi connectivity index (χ3n) is 8.09. The molecule has 16 heteroatoms. The van der Waals surface area contributed by atoms with E-state index in [1.54, 1.807) is 48.5 Å². The van der Waals surface area contributed by atoms with Crippen molar-refractivity contribution in [2.45, 2.75) is 51.0 Å². The number of non-ortho nitro benzene ring substituents is 1. The van der Waals surface area contributed by atoms with Crippen LogP contribution in [0.2, 0.25) is 0 Å². The zero-order valence-corrected chi connectivity index (χ0v) is 30.9. The number of ether oxygens (including phenoxy) is 4. The molecule has 4 rings (SSSR count). The number of amides is 4. The molecule has 0 aliphatic heterocycles. The van der Waals surface area contributed by atoms with Crippen LogP contribution < -0.4 is 26.0 Å². The molecule has 4 N–H and O–H groups in total. The number of hydrogen-bond donors (Lipinski definition) is 4. The summed E-state index contributed by atoms with van der Waals surface area (Å²) in [6, 6.07) is 27.3. The van der Waals surface area contributed by atoms with Crippen LogP contribution in [-0.2, 0) is 43.4 Å². The lowest BCUT2D eigenvalue weighted by molar-refractivity contribution is -0.384. The molecule has 0 aliphatic carbocycles. The average molecular weight is 782 g/mol. The molecular formula is C41H43N5O11. The maximum Gasteiger partial charge on any atom is 0.514 e. The van der Waals surface area contributed by atoms with Crippen LogP contribution in [0.4, 0.5) is 25.8 Å². The normalized spacial score (nSPS) is 11.4. The molecule has 0 fully saturated rings. The van der Waals surface area contributed by atoms with E-state index < -0.39 is 47.2 Å². The highest BCUT2D eigenvalue weighted by molar-refractivity contribution is 5.98. The molecule has 0 aliphatic rings. The molecule has 2 atom stereocenters. The van der Waals surface area contributed by atoms with Crippen molar-refractivity contribution in [1.82, 2.24) is 16.0 Å². The number of anilines is 1. The highest BCUT2D eigenvalue weighted by Crippen LogP contribution is 2.18. The van der Waals surface area contributed by atoms with E-state index >= 15 is 0 Å². The van der Waals surface area contributed by atoms with Gasteiger partial charge in [-0.1, -0.05) is 85.5 Å². The van der Waals surface area contributed by atoms with Crippen molar-refractivity contribution in [2.24, 2.45) is 0 Å². The topological polar surface area (TPSA) is 214 Å². The summed E-state index contributed by atoms with van der Waals surface area (Å²) in [6.07, 6.45) is 0.176. The Morgan fingerprint density at radius 3 is 1.96 bits per heavy atom. The SMILES string of the molecule is C=CCOC(=O)NCCCCC(NC(=O)C(Cc1ccccc1)NC(=O)OCc1ccccc1)C(=O)Nc1ccc(COC(=O)Oc2ccc([N+](=O)[O-])cc2)cc1. The first-order valence-corrected chi connectivity index (χ1v) is 17.9. The molecule has 0 aromatic heterocycles. The Kier molecular flexibility index (Phi) is 17.1. The predicted octanol–water partition coefficient (Wildman–Crippen LogP) is 6.35. The number of nitrogens with one attached hydrogen (secondary N) is 4. The number of alkyl carbamates (subject to hydrolysis) is 2. The monoisotopic (exact) mass is 781 g/mol. The molecule has 0 heterocycles. The van der Waals surface area contributed by atoms with Crippen molar-refractivity contribution in [3.63, 3.8) is 0 Å². The van der Waals surface area contributed by atoms with Crippen LogP contribution in [0.5, 0.6) is 5.75 Å². The van der Waals surface area contributed by atoms with Gasteiger partial charge in [-0.25, -0.2) is 14.4 Å². The lowest BCUT2D eigenvalue weighted by Crippen LogP contribution is -2.53. The van der Waals surface area contributed by atoms with Crippen LogP contribution in [0.1, 0.15) is 36.0 Å². The zero-order valence-electron chi connectivity index (χ0n) is 30.9. The van der Waals surface area contributed by atoms with E-state index in [9.17, 15) is 34.1 Å². The number of nitrogens with zero attached hydrogens (tertiary/aromatic N) is 1. The van der Waals surface area contributed by atoms with E-state index in [4.69, 9.17) is 18.9 Å². The summed E-state index contributed by atoms with van der Waals surface area (Å²) in [7, 11) is 0. The third-order valence-corrected chi connectivity index (χ3v) is 8.09. The number of nitro benzene ring substituents is 1. The van der Waals surface area contributed by atoms with Crippen molar-refractivity contribution in [3.05, 3.63) is 149 Å². The summed E-state index contributed by atoms with van der Waals surface area (Å²) >= 11 is 0. The molecule has 4 amide bonds. The summed E-state index contributed by atoms with van der Waals surface area (Å²) < 4.78 is 20.5. The van der Waals surface area contributed by atoms with Gasteiger partial charge in [0.1, 0.15) is 37.7 Å². The summed E-state index contributed by atoms with van der Waals surface area (Å²) in [4.78, 5) is 74.6. The molecule has 0 saturated heterocycles. The average Bonchev–Trinajstić information content (AvgIpc) is 3.22. The minimum Gasteiger partial charge on any atom is -0.445 e. The third kappa shape index (κ3) is 15.6. The predicted molar refractivity (Wildman–Crippen MR) is 208 cm³/mol. The number of benzene rings is 4. The van der Waals surface area contributed by atoms with Gasteiger partial charge in [0.15, 0.2) is 0 Å². The lowest BCUT2D eigenvalue weighted by Gasteiger charge is -2.23. The first-order chi connectivity index (χ1) is 27.6. The number of nitro groups is 1. The number of hydrogen-bond acceptors (Lipinski definition) is 11. The second kappa shape index (κ2) is 22.9. The fourth-order valence-corrected chi connectivity index (χ4v) is 5.17. The van der Waals surface area contributed by atoms with Crippen molar-refractivity contribution < 1.29 is 47.8 Å². The number of carbonyl (C=O) groups is 5. The van der Waals surface area contributed by atoms with E-state index in [0.717, 1.165) is 11.1 Å². The van der Waals surface area contributed by atoms with E-state index in [2.05, 4.69) is 27.8 Å². The first-order valence-electron chi connectivity index (χ1n) is 17.9. The second-order valence-electron chi connectivity index (χ2n) is 12.4.